The predicted octanol–water partition coefficient (Wildman–Crippen LogP) is 3.01. The van der Waals surface area contributed by atoms with Crippen LogP contribution in [0.15, 0.2) is 34.3 Å². The highest BCUT2D eigenvalue weighted by molar-refractivity contribution is 8.13. The van der Waals surface area contributed by atoms with Gasteiger partial charge in [0.1, 0.15) is 0 Å². The van der Waals surface area contributed by atoms with E-state index in [0.717, 1.165) is 43.5 Å². The van der Waals surface area contributed by atoms with Crippen LogP contribution in [-0.2, 0) is 0 Å². The van der Waals surface area contributed by atoms with E-state index in [9.17, 15) is 0 Å². The smallest absolute Gasteiger partial charge is 0.222 e. The molecule has 0 radical (unpaired) electrons. The minimum absolute atomic E-state index is 0.219. The van der Waals surface area contributed by atoms with Crippen molar-refractivity contribution in [3.05, 3.63) is 24.3 Å². The molecule has 148 valence electrons. The van der Waals surface area contributed by atoms with Gasteiger partial charge in [-0.2, -0.15) is 4.99 Å². The molecule has 1 saturated heterocycles. The molecule has 1 heterocycles. The van der Waals surface area contributed by atoms with Crippen molar-refractivity contribution in [2.24, 2.45) is 27.4 Å². The third-order valence-corrected chi connectivity index (χ3v) is 6.40. The molecule has 1 aromatic carbocycles. The molecule has 7 heteroatoms. The van der Waals surface area contributed by atoms with Crippen molar-refractivity contribution in [3.8, 4) is 0 Å². The third-order valence-electron chi connectivity index (χ3n) is 5.38. The van der Waals surface area contributed by atoms with Crippen molar-refractivity contribution in [1.29, 1.82) is 0 Å². The zero-order valence-corrected chi connectivity index (χ0v) is 17.1. The highest BCUT2D eigenvalue weighted by Gasteiger charge is 2.15. The zero-order valence-electron chi connectivity index (χ0n) is 16.3. The summed E-state index contributed by atoms with van der Waals surface area (Å²) >= 11 is 1.60. The predicted molar refractivity (Wildman–Crippen MR) is 118 cm³/mol. The molecule has 1 aromatic rings. The number of benzene rings is 1. The Morgan fingerprint density at radius 2 is 1.70 bits per heavy atom. The Labute approximate surface area is 167 Å². The van der Waals surface area contributed by atoms with Crippen molar-refractivity contribution in [2.45, 2.75) is 32.1 Å². The SMILES string of the molecule is CN1CCN(c2ccc(N=C(N)/N=C(\N)SCC3CCCCC3)cc2)CC1. The zero-order chi connectivity index (χ0) is 19.1. The number of anilines is 1. The van der Waals surface area contributed by atoms with Crippen LogP contribution in [0.5, 0.6) is 0 Å². The fourth-order valence-corrected chi connectivity index (χ4v) is 4.56. The van der Waals surface area contributed by atoms with E-state index >= 15 is 0 Å². The van der Waals surface area contributed by atoms with E-state index in [1.54, 1.807) is 11.8 Å². The number of amidine groups is 1. The second-order valence-corrected chi connectivity index (χ2v) is 8.58. The Morgan fingerprint density at radius 3 is 2.37 bits per heavy atom. The van der Waals surface area contributed by atoms with Crippen LogP contribution >= 0.6 is 11.8 Å². The normalized spacial score (nSPS) is 20.9. The average molecular weight is 389 g/mol. The van der Waals surface area contributed by atoms with Crippen molar-refractivity contribution >= 4 is 34.3 Å². The number of aliphatic imine (C=N–C) groups is 2. The van der Waals surface area contributed by atoms with Gasteiger partial charge in [-0.15, -0.1) is 0 Å². The largest absolute Gasteiger partial charge is 0.378 e. The first-order valence-electron chi connectivity index (χ1n) is 9.95. The summed E-state index contributed by atoms with van der Waals surface area (Å²) in [5.41, 5.74) is 14.0. The van der Waals surface area contributed by atoms with E-state index in [2.05, 4.69) is 39.0 Å². The molecule has 1 aliphatic heterocycles. The lowest BCUT2D eigenvalue weighted by Crippen LogP contribution is -2.44. The Kier molecular flexibility index (Phi) is 7.41. The van der Waals surface area contributed by atoms with Crippen molar-refractivity contribution in [2.75, 3.05) is 43.9 Å². The molecule has 1 saturated carbocycles. The summed E-state index contributed by atoms with van der Waals surface area (Å²) in [7, 11) is 2.16. The lowest BCUT2D eigenvalue weighted by molar-refractivity contribution is 0.313. The van der Waals surface area contributed by atoms with Gasteiger partial charge in [0.25, 0.3) is 0 Å². The molecule has 0 unspecified atom stereocenters. The van der Waals surface area contributed by atoms with E-state index < -0.39 is 0 Å². The van der Waals surface area contributed by atoms with Gasteiger partial charge in [0, 0.05) is 37.6 Å². The molecule has 27 heavy (non-hydrogen) atoms. The van der Waals surface area contributed by atoms with Crippen molar-refractivity contribution < 1.29 is 0 Å². The number of thioether (sulfide) groups is 1. The number of likely N-dealkylation sites (N-methyl/N-ethyl adjacent to an activating group) is 1. The molecule has 0 atom stereocenters. The molecule has 1 aliphatic carbocycles. The van der Waals surface area contributed by atoms with Crippen molar-refractivity contribution in [1.82, 2.24) is 4.90 Å². The second kappa shape index (κ2) is 9.99. The van der Waals surface area contributed by atoms with Gasteiger partial charge in [0.2, 0.25) is 5.96 Å². The molecular formula is C20H32N6S. The topological polar surface area (TPSA) is 83.2 Å². The molecule has 3 rings (SSSR count). The van der Waals surface area contributed by atoms with Crippen LogP contribution in [-0.4, -0.2) is 55.0 Å². The van der Waals surface area contributed by atoms with Gasteiger partial charge < -0.3 is 21.3 Å². The van der Waals surface area contributed by atoms with Gasteiger partial charge in [-0.3, -0.25) is 0 Å². The summed E-state index contributed by atoms with van der Waals surface area (Å²) in [4.78, 5) is 13.4. The fourth-order valence-electron chi connectivity index (χ4n) is 3.66. The lowest BCUT2D eigenvalue weighted by Gasteiger charge is -2.34. The Balaban J connectivity index is 1.51. The van der Waals surface area contributed by atoms with Gasteiger partial charge in [0.15, 0.2) is 5.17 Å². The first-order valence-corrected chi connectivity index (χ1v) is 10.9. The maximum absolute atomic E-state index is 6.02. The quantitative estimate of drug-likeness (QED) is 0.612. The highest BCUT2D eigenvalue weighted by atomic mass is 32.2. The van der Waals surface area contributed by atoms with E-state index in [1.807, 2.05) is 12.1 Å². The summed E-state index contributed by atoms with van der Waals surface area (Å²) in [6, 6.07) is 8.17. The highest BCUT2D eigenvalue weighted by Crippen LogP contribution is 2.26. The average Bonchev–Trinajstić information content (AvgIpc) is 2.68. The van der Waals surface area contributed by atoms with E-state index in [4.69, 9.17) is 11.5 Å². The molecule has 4 N–H and O–H groups in total. The second-order valence-electron chi connectivity index (χ2n) is 7.54. The van der Waals surface area contributed by atoms with Crippen LogP contribution in [0.25, 0.3) is 0 Å². The molecule has 0 spiro atoms. The standard InChI is InChI=1S/C20H32N6S/c1-25-11-13-26(14-12-25)18-9-7-17(8-10-18)23-19(21)24-20(22)27-15-16-5-3-2-4-6-16/h7-10,16H,2-6,11-15H2,1H3,(H4,21,22,23,24). The Hall–Kier alpha value is -1.73. The minimum Gasteiger partial charge on any atom is -0.378 e. The summed E-state index contributed by atoms with van der Waals surface area (Å²) in [5.74, 6) is 2.01. The molecule has 2 aliphatic rings. The maximum atomic E-state index is 6.02. The van der Waals surface area contributed by atoms with E-state index in [-0.39, 0.29) is 5.96 Å². The fraction of sp³-hybridized carbons (Fsp3) is 0.600. The van der Waals surface area contributed by atoms with Crippen LogP contribution < -0.4 is 16.4 Å². The van der Waals surface area contributed by atoms with Gasteiger partial charge in [-0.05, 0) is 50.1 Å². The monoisotopic (exact) mass is 388 g/mol. The lowest BCUT2D eigenvalue weighted by atomic mass is 9.91. The van der Waals surface area contributed by atoms with Gasteiger partial charge in [-0.25, -0.2) is 4.99 Å². The minimum atomic E-state index is 0.219. The van der Waals surface area contributed by atoms with Crippen LogP contribution in [0.3, 0.4) is 0 Å². The third kappa shape index (κ3) is 6.43. The summed E-state index contributed by atoms with van der Waals surface area (Å²) < 4.78 is 0. The number of guanidine groups is 1. The Morgan fingerprint density at radius 1 is 1.04 bits per heavy atom. The summed E-state index contributed by atoms with van der Waals surface area (Å²) in [5, 5.41) is 0.510. The Bertz CT molecular complexity index is 643. The molecule has 6 nitrogen and oxygen atoms in total. The molecule has 0 amide bonds. The van der Waals surface area contributed by atoms with Crippen LogP contribution in [0.1, 0.15) is 32.1 Å². The number of hydrogen-bond donors (Lipinski definition) is 2. The summed E-state index contributed by atoms with van der Waals surface area (Å²) in [6.07, 6.45) is 6.68. The first kappa shape index (κ1) is 20.0. The molecule has 2 fully saturated rings. The maximum Gasteiger partial charge on any atom is 0.222 e. The molecular weight excluding hydrogens is 356 g/mol. The number of nitrogens with two attached hydrogens (primary N) is 2. The molecule has 0 aromatic heterocycles. The van der Waals surface area contributed by atoms with Crippen LogP contribution in [0.4, 0.5) is 11.4 Å². The number of rotatable bonds is 4. The number of hydrogen-bond acceptors (Lipinski definition) is 4. The van der Waals surface area contributed by atoms with Crippen LogP contribution in [0.2, 0.25) is 0 Å². The molecule has 0 bridgehead atoms. The number of piperazine rings is 1. The number of nitrogens with zero attached hydrogens (tertiary/aromatic N) is 4. The first-order chi connectivity index (χ1) is 13.1. The van der Waals surface area contributed by atoms with E-state index in [0.29, 0.717) is 5.17 Å². The van der Waals surface area contributed by atoms with Gasteiger partial charge in [-0.1, -0.05) is 31.0 Å². The van der Waals surface area contributed by atoms with Gasteiger partial charge in [0.05, 0.1) is 5.69 Å². The van der Waals surface area contributed by atoms with Crippen LogP contribution in [0, 0.1) is 5.92 Å². The van der Waals surface area contributed by atoms with E-state index in [1.165, 1.54) is 37.8 Å². The van der Waals surface area contributed by atoms with Gasteiger partial charge >= 0.3 is 0 Å². The van der Waals surface area contributed by atoms with Crippen molar-refractivity contribution in [3.63, 3.8) is 0 Å². The summed E-state index contributed by atoms with van der Waals surface area (Å²) in [6.45, 7) is 4.30.